The lowest BCUT2D eigenvalue weighted by Crippen LogP contribution is -1.87. The van der Waals surface area contributed by atoms with Crippen LogP contribution in [0.1, 0.15) is 0 Å². The van der Waals surface area contributed by atoms with Gasteiger partial charge in [0.1, 0.15) is 5.82 Å². The number of nitrogens with one attached hydrogen (secondary N) is 1. The van der Waals surface area contributed by atoms with Gasteiger partial charge >= 0.3 is 0 Å². The van der Waals surface area contributed by atoms with Crippen LogP contribution in [0.5, 0.6) is 0 Å². The van der Waals surface area contributed by atoms with Gasteiger partial charge in [0.15, 0.2) is 0 Å². The molecule has 1 unspecified atom stereocenters. The van der Waals surface area contributed by atoms with E-state index in [0.717, 1.165) is 48.7 Å². The number of pyridine rings is 1. The van der Waals surface area contributed by atoms with Crippen LogP contribution in [0.3, 0.4) is 0 Å². The molecule has 0 aliphatic heterocycles. The lowest BCUT2D eigenvalue weighted by molar-refractivity contribution is 0.687. The highest BCUT2D eigenvalue weighted by atomic mass is 79.9. The molecule has 0 spiro atoms. The van der Waals surface area contributed by atoms with Gasteiger partial charge in [-0.05, 0) is 53.2 Å². The summed E-state index contributed by atoms with van der Waals surface area (Å²) in [6.45, 7) is 0. The topological polar surface area (TPSA) is 58.6 Å². The van der Waals surface area contributed by atoms with Crippen LogP contribution in [0.4, 0.5) is 0 Å². The molecule has 0 bridgehead atoms. The third-order valence-electron chi connectivity index (χ3n) is 5.21. The molecule has 6 heteroatoms. The molecule has 0 radical (unpaired) electrons. The minimum Gasteiger partial charge on any atom is -0.337 e. The molecular weight excluding hydrogens is 470 g/mol. The zero-order valence-electron chi connectivity index (χ0n) is 16.7. The Balaban J connectivity index is 1.67. The van der Waals surface area contributed by atoms with Crippen molar-refractivity contribution >= 4 is 37.5 Å². The summed E-state index contributed by atoms with van der Waals surface area (Å²) >= 11 is 3.54. The van der Waals surface area contributed by atoms with E-state index in [1.807, 2.05) is 42.5 Å². The maximum atomic E-state index is 11.7. The molecule has 3 aromatic carbocycles. The van der Waals surface area contributed by atoms with Crippen LogP contribution >= 0.6 is 15.9 Å². The van der Waals surface area contributed by atoms with Gasteiger partial charge in [0.25, 0.3) is 0 Å². The van der Waals surface area contributed by atoms with E-state index >= 15 is 0 Å². The highest BCUT2D eigenvalue weighted by molar-refractivity contribution is 9.10. The molecule has 0 saturated carbocycles. The van der Waals surface area contributed by atoms with E-state index in [1.54, 1.807) is 18.6 Å². The van der Waals surface area contributed by atoms with Gasteiger partial charge in [-0.15, -0.1) is 0 Å². The molecule has 31 heavy (non-hydrogen) atoms. The van der Waals surface area contributed by atoms with E-state index in [2.05, 4.69) is 56.2 Å². The lowest BCUT2D eigenvalue weighted by atomic mass is 10.0. The van der Waals surface area contributed by atoms with Crippen LogP contribution in [0.15, 0.2) is 94.6 Å². The zero-order chi connectivity index (χ0) is 21.4. The van der Waals surface area contributed by atoms with Gasteiger partial charge in [-0.3, -0.25) is 9.19 Å². The number of H-pyrrole nitrogens is 1. The molecule has 5 rings (SSSR count). The van der Waals surface area contributed by atoms with Crippen molar-refractivity contribution < 1.29 is 4.21 Å². The number of aromatic nitrogens is 3. The summed E-state index contributed by atoms with van der Waals surface area (Å²) in [5.41, 5.74) is 4.83. The normalized spacial score (nSPS) is 12.2. The number of hydrogen-bond acceptors (Lipinski definition) is 3. The van der Waals surface area contributed by atoms with Gasteiger partial charge in [0, 0.05) is 55.5 Å². The average molecular weight is 488 g/mol. The fraction of sp³-hybridized carbons (Fsp3) is 0.0400. The second-order valence-corrected chi connectivity index (χ2v) is 9.52. The first-order chi connectivity index (χ1) is 15.1. The van der Waals surface area contributed by atoms with Crippen molar-refractivity contribution in [3.8, 4) is 33.9 Å². The van der Waals surface area contributed by atoms with Crippen molar-refractivity contribution in [3.05, 3.63) is 89.7 Å². The first-order valence-corrected chi connectivity index (χ1v) is 12.1. The number of nitrogens with zero attached hydrogens (tertiary/aromatic N) is 2. The fourth-order valence-electron chi connectivity index (χ4n) is 3.61. The molecule has 0 aliphatic carbocycles. The molecule has 0 saturated heterocycles. The van der Waals surface area contributed by atoms with E-state index < -0.39 is 10.8 Å². The van der Waals surface area contributed by atoms with Gasteiger partial charge < -0.3 is 4.98 Å². The van der Waals surface area contributed by atoms with E-state index in [-0.39, 0.29) is 0 Å². The summed E-state index contributed by atoms with van der Waals surface area (Å²) in [5, 5.41) is 2.32. The van der Waals surface area contributed by atoms with Gasteiger partial charge in [0.2, 0.25) is 0 Å². The van der Waals surface area contributed by atoms with E-state index in [0.29, 0.717) is 0 Å². The number of rotatable bonds is 4. The summed E-state index contributed by atoms with van der Waals surface area (Å²) < 4.78 is 12.8. The summed E-state index contributed by atoms with van der Waals surface area (Å²) in [6, 6.07) is 24.3. The SMILES string of the molecule is CS(=O)c1ccc(-c2nc(-c3ccc4cc(Br)ccc4c3)c(-c3ccncc3)[nH]2)cc1. The quantitative estimate of drug-likeness (QED) is 0.316. The molecule has 2 aromatic heterocycles. The van der Waals surface area contributed by atoms with Crippen LogP contribution in [0.25, 0.3) is 44.7 Å². The number of benzene rings is 3. The largest absolute Gasteiger partial charge is 0.337 e. The minimum atomic E-state index is -1.01. The Kier molecular flexibility index (Phi) is 5.26. The van der Waals surface area contributed by atoms with Crippen molar-refractivity contribution in [2.45, 2.75) is 4.90 Å². The van der Waals surface area contributed by atoms with E-state index in [4.69, 9.17) is 4.98 Å². The molecule has 1 atom stereocenters. The van der Waals surface area contributed by atoms with Crippen LogP contribution in [0.2, 0.25) is 0 Å². The second-order valence-electron chi connectivity index (χ2n) is 7.23. The average Bonchev–Trinajstić information content (AvgIpc) is 3.25. The third kappa shape index (κ3) is 3.96. The predicted octanol–water partition coefficient (Wildman–Crippen LogP) is 6.46. The van der Waals surface area contributed by atoms with Crippen molar-refractivity contribution in [1.82, 2.24) is 15.0 Å². The standard InChI is InChI=1S/C25H18BrN3OS/c1-31(30)22-8-5-17(6-9-22)25-28-23(16-10-12-27-13-11-16)24(29-25)20-3-2-19-15-21(26)7-4-18(19)14-20/h2-15H,1H3,(H,28,29). The number of imidazole rings is 1. The maximum Gasteiger partial charge on any atom is 0.138 e. The van der Waals surface area contributed by atoms with E-state index in [9.17, 15) is 4.21 Å². The van der Waals surface area contributed by atoms with E-state index in [1.165, 1.54) is 5.39 Å². The Labute approximate surface area is 191 Å². The van der Waals surface area contributed by atoms with Crippen molar-refractivity contribution in [3.63, 3.8) is 0 Å². The number of hydrogen-bond donors (Lipinski definition) is 1. The molecule has 5 aromatic rings. The second kappa shape index (κ2) is 8.21. The van der Waals surface area contributed by atoms with Crippen LogP contribution in [-0.2, 0) is 10.8 Å². The predicted molar refractivity (Wildman–Crippen MR) is 130 cm³/mol. The molecule has 0 fully saturated rings. The number of halogens is 1. The van der Waals surface area contributed by atoms with Crippen LogP contribution in [-0.4, -0.2) is 25.4 Å². The van der Waals surface area contributed by atoms with Gasteiger partial charge in [-0.25, -0.2) is 4.98 Å². The number of fused-ring (bicyclic) bond motifs is 1. The molecular formula is C25H18BrN3OS. The molecule has 1 N–H and O–H groups in total. The Hall–Kier alpha value is -3.09. The van der Waals surface area contributed by atoms with Crippen LogP contribution < -0.4 is 0 Å². The maximum absolute atomic E-state index is 11.7. The fourth-order valence-corrected chi connectivity index (χ4v) is 4.51. The highest BCUT2D eigenvalue weighted by Crippen LogP contribution is 2.34. The monoisotopic (exact) mass is 487 g/mol. The summed E-state index contributed by atoms with van der Waals surface area (Å²) in [6.07, 6.45) is 5.24. The molecule has 0 aliphatic rings. The smallest absolute Gasteiger partial charge is 0.138 e. The van der Waals surface area contributed by atoms with Crippen LogP contribution in [0, 0.1) is 0 Å². The van der Waals surface area contributed by atoms with Crippen molar-refractivity contribution in [2.75, 3.05) is 6.26 Å². The molecule has 2 heterocycles. The van der Waals surface area contributed by atoms with Gasteiger partial charge in [0.05, 0.1) is 11.4 Å². The Morgan fingerprint density at radius 1 is 0.806 bits per heavy atom. The summed E-state index contributed by atoms with van der Waals surface area (Å²) in [4.78, 5) is 13.4. The summed E-state index contributed by atoms with van der Waals surface area (Å²) in [5.74, 6) is 0.770. The first-order valence-electron chi connectivity index (χ1n) is 9.72. The van der Waals surface area contributed by atoms with Crippen molar-refractivity contribution in [1.29, 1.82) is 0 Å². The first kappa shape index (κ1) is 19.8. The van der Waals surface area contributed by atoms with Gasteiger partial charge in [-0.2, -0.15) is 0 Å². The molecule has 0 amide bonds. The third-order valence-corrected chi connectivity index (χ3v) is 6.64. The zero-order valence-corrected chi connectivity index (χ0v) is 19.1. The minimum absolute atomic E-state index is 0.770. The summed E-state index contributed by atoms with van der Waals surface area (Å²) in [7, 11) is -1.01. The Morgan fingerprint density at radius 2 is 1.48 bits per heavy atom. The molecule has 4 nitrogen and oxygen atoms in total. The Morgan fingerprint density at radius 3 is 2.23 bits per heavy atom. The highest BCUT2D eigenvalue weighted by Gasteiger charge is 2.16. The Bertz CT molecular complexity index is 1410. The van der Waals surface area contributed by atoms with Gasteiger partial charge in [-0.1, -0.05) is 46.3 Å². The number of aromatic amines is 1. The van der Waals surface area contributed by atoms with Crippen molar-refractivity contribution in [2.24, 2.45) is 0 Å². The molecule has 152 valence electrons. The lowest BCUT2D eigenvalue weighted by Gasteiger charge is -2.05.